The Balaban J connectivity index is 1.95. The zero-order chi connectivity index (χ0) is 14.7. The molecule has 1 heteroatoms. The zero-order valence-corrected chi connectivity index (χ0v) is 12.8. The van der Waals surface area contributed by atoms with Crippen LogP contribution in [0.15, 0.2) is 59.7 Å². The Labute approximate surface area is 127 Å². The summed E-state index contributed by atoms with van der Waals surface area (Å²) < 4.78 is 0. The van der Waals surface area contributed by atoms with Crippen LogP contribution in [0.25, 0.3) is 0 Å². The van der Waals surface area contributed by atoms with E-state index in [2.05, 4.69) is 37.3 Å². The fraction of sp³-hybridized carbons (Fsp3) is 0.400. The molecular formula is C20H24O. The van der Waals surface area contributed by atoms with Crippen LogP contribution in [0.2, 0.25) is 0 Å². The zero-order valence-electron chi connectivity index (χ0n) is 12.8. The first kappa shape index (κ1) is 14.2. The lowest BCUT2D eigenvalue weighted by Gasteiger charge is -2.34. The van der Waals surface area contributed by atoms with Gasteiger partial charge in [-0.05, 0) is 63.1 Å². The summed E-state index contributed by atoms with van der Waals surface area (Å²) in [5.41, 5.74) is 4.17. The molecule has 110 valence electrons. The van der Waals surface area contributed by atoms with E-state index in [0.29, 0.717) is 5.75 Å². The molecule has 1 N–H and O–H groups in total. The molecule has 2 aliphatic rings. The minimum Gasteiger partial charge on any atom is -0.508 e. The first-order chi connectivity index (χ1) is 10.2. The van der Waals surface area contributed by atoms with Gasteiger partial charge >= 0.3 is 0 Å². The molecule has 0 aromatic heterocycles. The van der Waals surface area contributed by atoms with E-state index in [1.807, 2.05) is 12.1 Å². The predicted octanol–water partition coefficient (Wildman–Crippen LogP) is 5.43. The van der Waals surface area contributed by atoms with Crippen molar-refractivity contribution in [3.05, 3.63) is 65.3 Å². The van der Waals surface area contributed by atoms with Crippen molar-refractivity contribution in [3.8, 4) is 5.75 Å². The van der Waals surface area contributed by atoms with Crippen LogP contribution in [0.3, 0.4) is 0 Å². The Morgan fingerprint density at radius 1 is 1.19 bits per heavy atom. The average Bonchev–Trinajstić information content (AvgIpc) is 2.51. The number of benzene rings is 1. The van der Waals surface area contributed by atoms with Crippen LogP contribution in [0.1, 0.15) is 51.0 Å². The molecule has 0 saturated carbocycles. The number of hydrogen-bond acceptors (Lipinski definition) is 1. The van der Waals surface area contributed by atoms with E-state index in [1.165, 1.54) is 36.8 Å². The second kappa shape index (κ2) is 5.93. The third-order valence-electron chi connectivity index (χ3n) is 4.80. The van der Waals surface area contributed by atoms with E-state index < -0.39 is 0 Å². The molecule has 0 radical (unpaired) electrons. The number of phenolic OH excluding ortho intramolecular Hbond substituents is 1. The summed E-state index contributed by atoms with van der Waals surface area (Å²) in [7, 11) is 0. The minimum atomic E-state index is 0.0153. The average molecular weight is 280 g/mol. The van der Waals surface area contributed by atoms with Crippen molar-refractivity contribution in [2.45, 2.75) is 50.9 Å². The summed E-state index contributed by atoms with van der Waals surface area (Å²) in [5, 5.41) is 9.86. The highest BCUT2D eigenvalue weighted by atomic mass is 16.3. The Kier molecular flexibility index (Phi) is 4.01. The maximum absolute atomic E-state index is 9.86. The van der Waals surface area contributed by atoms with Crippen LogP contribution in [0.4, 0.5) is 0 Å². The van der Waals surface area contributed by atoms with Crippen LogP contribution in [0.5, 0.6) is 5.75 Å². The maximum atomic E-state index is 9.86. The molecule has 1 aromatic rings. The molecule has 0 heterocycles. The van der Waals surface area contributed by atoms with Gasteiger partial charge in [-0.1, -0.05) is 47.6 Å². The fourth-order valence-corrected chi connectivity index (χ4v) is 3.50. The van der Waals surface area contributed by atoms with Crippen LogP contribution >= 0.6 is 0 Å². The molecule has 21 heavy (non-hydrogen) atoms. The number of aromatic hydroxyl groups is 1. The van der Waals surface area contributed by atoms with Crippen molar-refractivity contribution in [1.29, 1.82) is 0 Å². The Hall–Kier alpha value is -1.76. The summed E-state index contributed by atoms with van der Waals surface area (Å²) in [4.78, 5) is 0. The normalized spacial score (nSPS) is 25.4. The van der Waals surface area contributed by atoms with Gasteiger partial charge in [0.25, 0.3) is 0 Å². The number of allylic oxidation sites excluding steroid dienone is 6. The van der Waals surface area contributed by atoms with Gasteiger partial charge in [0.1, 0.15) is 5.75 Å². The summed E-state index contributed by atoms with van der Waals surface area (Å²) in [6.07, 6.45) is 16.6. The molecule has 2 aliphatic carbocycles. The van der Waals surface area contributed by atoms with E-state index >= 15 is 0 Å². The SMILES string of the molecule is CC1=CCC(CC2=CCCCC2)(c2cccc(O)c2)C=C1. The second-order valence-corrected chi connectivity index (χ2v) is 6.48. The number of hydrogen-bond donors (Lipinski definition) is 1. The molecular weight excluding hydrogens is 256 g/mol. The predicted molar refractivity (Wildman–Crippen MR) is 88.5 cm³/mol. The number of rotatable bonds is 3. The van der Waals surface area contributed by atoms with Gasteiger partial charge in [-0.3, -0.25) is 0 Å². The summed E-state index contributed by atoms with van der Waals surface area (Å²) in [5.74, 6) is 0.365. The van der Waals surface area contributed by atoms with Crippen molar-refractivity contribution in [2.24, 2.45) is 0 Å². The highest BCUT2D eigenvalue weighted by Gasteiger charge is 2.31. The third-order valence-corrected chi connectivity index (χ3v) is 4.80. The van der Waals surface area contributed by atoms with E-state index in [-0.39, 0.29) is 5.41 Å². The smallest absolute Gasteiger partial charge is 0.115 e. The van der Waals surface area contributed by atoms with Crippen molar-refractivity contribution < 1.29 is 5.11 Å². The molecule has 0 saturated heterocycles. The van der Waals surface area contributed by atoms with Crippen LogP contribution in [-0.4, -0.2) is 5.11 Å². The third kappa shape index (κ3) is 3.12. The largest absolute Gasteiger partial charge is 0.508 e. The monoisotopic (exact) mass is 280 g/mol. The molecule has 1 aromatic carbocycles. The molecule has 1 nitrogen and oxygen atoms in total. The van der Waals surface area contributed by atoms with E-state index in [4.69, 9.17) is 0 Å². The maximum Gasteiger partial charge on any atom is 0.115 e. The second-order valence-electron chi connectivity index (χ2n) is 6.48. The van der Waals surface area contributed by atoms with Gasteiger partial charge in [0.05, 0.1) is 0 Å². The van der Waals surface area contributed by atoms with Crippen molar-refractivity contribution >= 4 is 0 Å². The van der Waals surface area contributed by atoms with Crippen LogP contribution < -0.4 is 0 Å². The lowest BCUT2D eigenvalue weighted by atomic mass is 9.69. The molecule has 0 spiro atoms. The Bertz CT molecular complexity index is 606. The van der Waals surface area contributed by atoms with Gasteiger partial charge in [-0.15, -0.1) is 0 Å². The lowest BCUT2D eigenvalue weighted by Crippen LogP contribution is -2.26. The van der Waals surface area contributed by atoms with Gasteiger partial charge in [-0.2, -0.15) is 0 Å². The van der Waals surface area contributed by atoms with Crippen LogP contribution in [-0.2, 0) is 5.41 Å². The van der Waals surface area contributed by atoms with Gasteiger partial charge < -0.3 is 5.11 Å². The highest BCUT2D eigenvalue weighted by Crippen LogP contribution is 2.42. The lowest BCUT2D eigenvalue weighted by molar-refractivity contribution is 0.466. The fourth-order valence-electron chi connectivity index (χ4n) is 3.50. The molecule has 1 atom stereocenters. The minimum absolute atomic E-state index is 0.0153. The molecule has 0 fully saturated rings. The first-order valence-corrected chi connectivity index (χ1v) is 8.01. The quantitative estimate of drug-likeness (QED) is 0.732. The molecule has 0 bridgehead atoms. The van der Waals surface area contributed by atoms with E-state index in [1.54, 1.807) is 11.6 Å². The van der Waals surface area contributed by atoms with Crippen molar-refractivity contribution in [3.63, 3.8) is 0 Å². The van der Waals surface area contributed by atoms with Gasteiger partial charge in [0.15, 0.2) is 0 Å². The summed E-state index contributed by atoms with van der Waals surface area (Å²) in [6.45, 7) is 2.16. The molecule has 0 aliphatic heterocycles. The van der Waals surface area contributed by atoms with E-state index in [0.717, 1.165) is 12.8 Å². The number of phenols is 1. The topological polar surface area (TPSA) is 20.2 Å². The standard InChI is InChI=1S/C20H24O/c1-16-10-12-20(13-11-16,15-17-6-3-2-4-7-17)18-8-5-9-19(21)14-18/h5-6,8-12,14,21H,2-4,7,13,15H2,1H3. The molecule has 1 unspecified atom stereocenters. The first-order valence-electron chi connectivity index (χ1n) is 8.01. The van der Waals surface area contributed by atoms with Gasteiger partial charge in [0, 0.05) is 5.41 Å². The molecule has 3 rings (SSSR count). The van der Waals surface area contributed by atoms with Gasteiger partial charge in [0.2, 0.25) is 0 Å². The van der Waals surface area contributed by atoms with Crippen LogP contribution in [0, 0.1) is 0 Å². The summed E-state index contributed by atoms with van der Waals surface area (Å²) >= 11 is 0. The summed E-state index contributed by atoms with van der Waals surface area (Å²) in [6, 6.07) is 7.80. The highest BCUT2D eigenvalue weighted by molar-refractivity contribution is 5.42. The Morgan fingerprint density at radius 2 is 2.10 bits per heavy atom. The Morgan fingerprint density at radius 3 is 2.76 bits per heavy atom. The van der Waals surface area contributed by atoms with Gasteiger partial charge in [-0.25, -0.2) is 0 Å². The van der Waals surface area contributed by atoms with Crippen molar-refractivity contribution in [2.75, 3.05) is 0 Å². The molecule has 0 amide bonds. The van der Waals surface area contributed by atoms with Crippen molar-refractivity contribution in [1.82, 2.24) is 0 Å². The van der Waals surface area contributed by atoms with E-state index in [9.17, 15) is 5.11 Å².